The molecule has 0 spiro atoms. The van der Waals surface area contributed by atoms with E-state index in [1.165, 1.54) is 4.68 Å². The zero-order valence-corrected chi connectivity index (χ0v) is 13.0. The topological polar surface area (TPSA) is 116 Å². The number of carboxylic acid groups (broad SMARTS) is 1. The van der Waals surface area contributed by atoms with Crippen LogP contribution in [0.25, 0.3) is 5.69 Å². The molecular weight excluding hydrogens is 316 g/mol. The summed E-state index contributed by atoms with van der Waals surface area (Å²) in [5.41, 5.74) is 1.38. The zero-order valence-electron chi connectivity index (χ0n) is 13.0. The van der Waals surface area contributed by atoms with Gasteiger partial charge in [0.1, 0.15) is 13.2 Å². The number of ether oxygens (including phenoxy) is 2. The number of nitrogens with one attached hydrogen (secondary N) is 1. The third-order valence-corrected chi connectivity index (χ3v) is 3.50. The number of carboxylic acids is 1. The van der Waals surface area contributed by atoms with Crippen molar-refractivity contribution in [2.75, 3.05) is 19.8 Å². The van der Waals surface area contributed by atoms with Crippen LogP contribution in [-0.2, 0) is 4.79 Å². The molecule has 2 N–H and O–H groups in total. The summed E-state index contributed by atoms with van der Waals surface area (Å²) in [6, 6.07) is 5.33. The Labute approximate surface area is 137 Å². The van der Waals surface area contributed by atoms with Crippen LogP contribution in [0.2, 0.25) is 0 Å². The van der Waals surface area contributed by atoms with Crippen LogP contribution in [0.3, 0.4) is 0 Å². The molecule has 0 atom stereocenters. The second-order valence-corrected chi connectivity index (χ2v) is 5.16. The maximum Gasteiger partial charge on any atom is 0.305 e. The second kappa shape index (κ2) is 6.57. The van der Waals surface area contributed by atoms with Gasteiger partial charge in [0.2, 0.25) is 0 Å². The molecule has 0 radical (unpaired) electrons. The molecular formula is C15H16N4O5. The molecule has 1 aliphatic heterocycles. The summed E-state index contributed by atoms with van der Waals surface area (Å²) in [5.74, 6) is -0.167. The molecule has 1 amide bonds. The molecule has 126 valence electrons. The number of nitrogens with zero attached hydrogens (tertiary/aromatic N) is 3. The fraction of sp³-hybridized carbons (Fsp3) is 0.333. The summed E-state index contributed by atoms with van der Waals surface area (Å²) < 4.78 is 12.5. The maximum atomic E-state index is 12.1. The van der Waals surface area contributed by atoms with Crippen LogP contribution < -0.4 is 14.8 Å². The Kier molecular flexibility index (Phi) is 4.32. The Morgan fingerprint density at radius 1 is 1.29 bits per heavy atom. The van der Waals surface area contributed by atoms with Crippen molar-refractivity contribution in [1.82, 2.24) is 20.3 Å². The fourth-order valence-corrected chi connectivity index (χ4v) is 2.31. The van der Waals surface area contributed by atoms with Gasteiger partial charge in [-0.15, -0.1) is 5.10 Å². The van der Waals surface area contributed by atoms with Crippen LogP contribution in [0.1, 0.15) is 22.6 Å². The van der Waals surface area contributed by atoms with E-state index in [1.807, 2.05) is 0 Å². The van der Waals surface area contributed by atoms with Crippen LogP contribution in [-0.4, -0.2) is 51.7 Å². The van der Waals surface area contributed by atoms with Crippen LogP contribution in [0.15, 0.2) is 18.2 Å². The molecule has 0 saturated heterocycles. The summed E-state index contributed by atoms with van der Waals surface area (Å²) in [4.78, 5) is 22.5. The monoisotopic (exact) mass is 332 g/mol. The largest absolute Gasteiger partial charge is 0.486 e. The van der Waals surface area contributed by atoms with Gasteiger partial charge in [0, 0.05) is 12.6 Å². The minimum Gasteiger partial charge on any atom is -0.486 e. The van der Waals surface area contributed by atoms with Crippen LogP contribution in [0.5, 0.6) is 11.5 Å². The lowest BCUT2D eigenvalue weighted by Gasteiger charge is -2.18. The first-order valence-electron chi connectivity index (χ1n) is 7.38. The standard InChI is InChI=1S/C15H16N4O5/c1-9-14(15(22)16-5-4-13(20)21)17-18-19(9)10-2-3-11-12(8-10)24-7-6-23-11/h2-3,8H,4-7H2,1H3,(H,16,22)(H,20,21). The number of hydrogen-bond acceptors (Lipinski definition) is 6. The molecule has 24 heavy (non-hydrogen) atoms. The molecule has 1 aromatic heterocycles. The number of benzene rings is 1. The molecule has 0 saturated carbocycles. The van der Waals surface area contributed by atoms with Crippen LogP contribution in [0.4, 0.5) is 0 Å². The number of carbonyl (C=O) groups is 2. The molecule has 3 rings (SSSR count). The number of carbonyl (C=O) groups excluding carboxylic acids is 1. The van der Waals surface area contributed by atoms with Gasteiger partial charge in [0.15, 0.2) is 17.2 Å². The lowest BCUT2D eigenvalue weighted by molar-refractivity contribution is -0.136. The van der Waals surface area contributed by atoms with Gasteiger partial charge in [-0.1, -0.05) is 5.21 Å². The van der Waals surface area contributed by atoms with Gasteiger partial charge in [0.25, 0.3) is 5.91 Å². The molecule has 2 heterocycles. The highest BCUT2D eigenvalue weighted by atomic mass is 16.6. The van der Waals surface area contributed by atoms with E-state index in [2.05, 4.69) is 15.6 Å². The smallest absolute Gasteiger partial charge is 0.305 e. The number of fused-ring (bicyclic) bond motifs is 1. The van der Waals surface area contributed by atoms with E-state index in [4.69, 9.17) is 14.6 Å². The molecule has 9 heteroatoms. The van der Waals surface area contributed by atoms with Gasteiger partial charge in [0.05, 0.1) is 17.8 Å². The predicted molar refractivity (Wildman–Crippen MR) is 81.7 cm³/mol. The van der Waals surface area contributed by atoms with Crippen molar-refractivity contribution in [3.8, 4) is 17.2 Å². The Morgan fingerprint density at radius 2 is 2.04 bits per heavy atom. The number of amides is 1. The predicted octanol–water partition coefficient (Wildman–Crippen LogP) is 0.551. The van der Waals surface area contributed by atoms with Crippen molar-refractivity contribution in [1.29, 1.82) is 0 Å². The van der Waals surface area contributed by atoms with Gasteiger partial charge in [-0.25, -0.2) is 4.68 Å². The third-order valence-electron chi connectivity index (χ3n) is 3.50. The summed E-state index contributed by atoms with van der Waals surface area (Å²) in [6.45, 7) is 2.73. The summed E-state index contributed by atoms with van der Waals surface area (Å²) in [6.07, 6.45) is -0.152. The number of hydrogen-bond donors (Lipinski definition) is 2. The number of rotatable bonds is 5. The Balaban J connectivity index is 1.79. The van der Waals surface area contributed by atoms with E-state index in [0.717, 1.165) is 0 Å². The Morgan fingerprint density at radius 3 is 2.79 bits per heavy atom. The van der Waals surface area contributed by atoms with E-state index < -0.39 is 11.9 Å². The quantitative estimate of drug-likeness (QED) is 0.821. The molecule has 0 fully saturated rings. The highest BCUT2D eigenvalue weighted by Crippen LogP contribution is 2.32. The highest BCUT2D eigenvalue weighted by molar-refractivity contribution is 5.93. The van der Waals surface area contributed by atoms with Crippen molar-refractivity contribution >= 4 is 11.9 Å². The van der Waals surface area contributed by atoms with Crippen molar-refractivity contribution in [3.05, 3.63) is 29.6 Å². The van der Waals surface area contributed by atoms with E-state index in [1.54, 1.807) is 25.1 Å². The van der Waals surface area contributed by atoms with Crippen LogP contribution in [0, 0.1) is 6.92 Å². The van der Waals surface area contributed by atoms with Gasteiger partial charge in [-0.2, -0.15) is 0 Å². The molecule has 2 aromatic rings. The van der Waals surface area contributed by atoms with Crippen molar-refractivity contribution in [2.24, 2.45) is 0 Å². The van der Waals surface area contributed by atoms with E-state index in [0.29, 0.717) is 36.1 Å². The molecule has 0 unspecified atom stereocenters. The van der Waals surface area contributed by atoms with Gasteiger partial charge >= 0.3 is 5.97 Å². The van der Waals surface area contributed by atoms with Crippen molar-refractivity contribution in [2.45, 2.75) is 13.3 Å². The van der Waals surface area contributed by atoms with Gasteiger partial charge in [-0.05, 0) is 19.1 Å². The normalized spacial score (nSPS) is 12.7. The molecule has 9 nitrogen and oxygen atoms in total. The SMILES string of the molecule is Cc1c(C(=O)NCCC(=O)O)nnn1-c1ccc2c(c1)OCCO2. The van der Waals surface area contributed by atoms with Crippen molar-refractivity contribution < 1.29 is 24.2 Å². The number of aliphatic carboxylic acids is 1. The average molecular weight is 332 g/mol. The highest BCUT2D eigenvalue weighted by Gasteiger charge is 2.19. The second-order valence-electron chi connectivity index (χ2n) is 5.16. The van der Waals surface area contributed by atoms with E-state index in [-0.39, 0.29) is 18.7 Å². The first-order valence-corrected chi connectivity index (χ1v) is 7.38. The Bertz CT molecular complexity index is 786. The average Bonchev–Trinajstić information content (AvgIpc) is 2.95. The first kappa shape index (κ1) is 15.8. The van der Waals surface area contributed by atoms with Crippen molar-refractivity contribution in [3.63, 3.8) is 0 Å². The fourth-order valence-electron chi connectivity index (χ4n) is 2.31. The van der Waals surface area contributed by atoms with E-state index in [9.17, 15) is 9.59 Å². The molecule has 1 aromatic carbocycles. The molecule has 0 bridgehead atoms. The minimum absolute atomic E-state index is 0.0322. The lowest BCUT2D eigenvalue weighted by atomic mass is 10.2. The number of aromatic nitrogens is 3. The zero-order chi connectivity index (χ0) is 17.1. The maximum absolute atomic E-state index is 12.1. The molecule has 0 aliphatic carbocycles. The lowest BCUT2D eigenvalue weighted by Crippen LogP contribution is -2.27. The first-order chi connectivity index (χ1) is 11.6. The van der Waals surface area contributed by atoms with Gasteiger partial charge < -0.3 is 19.9 Å². The summed E-state index contributed by atoms with van der Waals surface area (Å²) in [5, 5.41) is 19.0. The third kappa shape index (κ3) is 3.14. The summed E-state index contributed by atoms with van der Waals surface area (Å²) >= 11 is 0. The molecule has 1 aliphatic rings. The Hall–Kier alpha value is -3.10. The minimum atomic E-state index is -0.980. The van der Waals surface area contributed by atoms with E-state index >= 15 is 0 Å². The summed E-state index contributed by atoms with van der Waals surface area (Å²) in [7, 11) is 0. The van der Waals surface area contributed by atoms with Crippen LogP contribution >= 0.6 is 0 Å². The van der Waals surface area contributed by atoms with Gasteiger partial charge in [-0.3, -0.25) is 9.59 Å².